The summed E-state index contributed by atoms with van der Waals surface area (Å²) < 4.78 is 6.13. The van der Waals surface area contributed by atoms with E-state index in [1.54, 1.807) is 24.3 Å². The van der Waals surface area contributed by atoms with Gasteiger partial charge in [0.15, 0.2) is 5.43 Å². The molecule has 0 aliphatic carbocycles. The molecule has 0 bridgehead atoms. The van der Waals surface area contributed by atoms with E-state index in [1.807, 2.05) is 48.5 Å². The normalized spacial score (nSPS) is 11.0. The first-order valence-electron chi connectivity index (χ1n) is 8.17. The molecule has 128 valence electrons. The zero-order chi connectivity index (χ0) is 18.1. The molecular formula is C22H14Cl2O2. The van der Waals surface area contributed by atoms with Gasteiger partial charge in [0.1, 0.15) is 11.3 Å². The topological polar surface area (TPSA) is 30.2 Å². The molecule has 0 N–H and O–H groups in total. The fraction of sp³-hybridized carbons (Fsp3) is 0.0455. The molecule has 0 saturated heterocycles. The molecule has 1 heterocycles. The van der Waals surface area contributed by atoms with E-state index in [2.05, 4.69) is 0 Å². The van der Waals surface area contributed by atoms with Crippen molar-refractivity contribution in [3.63, 3.8) is 0 Å². The third-order valence-corrected chi connectivity index (χ3v) is 4.72. The van der Waals surface area contributed by atoms with Crippen molar-refractivity contribution in [2.75, 3.05) is 0 Å². The quantitative estimate of drug-likeness (QED) is 0.414. The molecule has 4 rings (SSSR count). The zero-order valence-corrected chi connectivity index (χ0v) is 15.2. The molecular weight excluding hydrogens is 367 g/mol. The van der Waals surface area contributed by atoms with Crippen LogP contribution >= 0.6 is 23.2 Å². The van der Waals surface area contributed by atoms with Gasteiger partial charge in [-0.2, -0.15) is 0 Å². The standard InChI is InChI=1S/C22H14Cl2O2/c23-16-7-3-5-14(11-16)12-19-21(25)18-9-1-2-10-20(18)26-22(19)15-6-4-8-17(24)13-15/h1-11,13H,12H2. The Morgan fingerprint density at radius 1 is 0.808 bits per heavy atom. The molecule has 4 heteroatoms. The van der Waals surface area contributed by atoms with Crippen molar-refractivity contribution in [1.29, 1.82) is 0 Å². The van der Waals surface area contributed by atoms with Crippen molar-refractivity contribution < 1.29 is 4.42 Å². The van der Waals surface area contributed by atoms with Gasteiger partial charge in [-0.15, -0.1) is 0 Å². The second-order valence-corrected chi connectivity index (χ2v) is 6.92. The minimum atomic E-state index is -0.0400. The number of rotatable bonds is 3. The minimum absolute atomic E-state index is 0.0400. The van der Waals surface area contributed by atoms with Crippen LogP contribution in [0.3, 0.4) is 0 Å². The van der Waals surface area contributed by atoms with E-state index in [4.69, 9.17) is 27.6 Å². The first kappa shape index (κ1) is 16.9. The molecule has 0 unspecified atom stereocenters. The SMILES string of the molecule is O=c1c(Cc2cccc(Cl)c2)c(-c2cccc(Cl)c2)oc2ccccc12. The van der Waals surface area contributed by atoms with Crippen LogP contribution in [0.15, 0.2) is 82.0 Å². The van der Waals surface area contributed by atoms with Crippen LogP contribution in [-0.4, -0.2) is 0 Å². The lowest BCUT2D eigenvalue weighted by Gasteiger charge is -2.11. The predicted molar refractivity (Wildman–Crippen MR) is 107 cm³/mol. The first-order chi connectivity index (χ1) is 12.6. The highest BCUT2D eigenvalue weighted by Crippen LogP contribution is 2.29. The molecule has 0 aliphatic heterocycles. The van der Waals surface area contributed by atoms with E-state index >= 15 is 0 Å². The summed E-state index contributed by atoms with van der Waals surface area (Å²) in [5, 5.41) is 1.79. The Hall–Kier alpha value is -2.55. The molecule has 3 aromatic carbocycles. The average molecular weight is 381 g/mol. The number of fused-ring (bicyclic) bond motifs is 1. The lowest BCUT2D eigenvalue weighted by atomic mass is 9.98. The van der Waals surface area contributed by atoms with E-state index in [9.17, 15) is 4.79 Å². The van der Waals surface area contributed by atoms with Crippen molar-refractivity contribution in [1.82, 2.24) is 0 Å². The molecule has 2 nitrogen and oxygen atoms in total. The van der Waals surface area contributed by atoms with Gasteiger partial charge in [0.25, 0.3) is 0 Å². The van der Waals surface area contributed by atoms with Crippen molar-refractivity contribution in [2.24, 2.45) is 0 Å². The third-order valence-electron chi connectivity index (χ3n) is 4.25. The Bertz CT molecular complexity index is 1160. The summed E-state index contributed by atoms with van der Waals surface area (Å²) in [5.74, 6) is 0.538. The van der Waals surface area contributed by atoms with Crippen molar-refractivity contribution in [2.45, 2.75) is 6.42 Å². The molecule has 0 atom stereocenters. The van der Waals surface area contributed by atoms with Gasteiger partial charge in [-0.05, 0) is 42.0 Å². The Morgan fingerprint density at radius 2 is 1.54 bits per heavy atom. The zero-order valence-electron chi connectivity index (χ0n) is 13.7. The highest BCUT2D eigenvalue weighted by molar-refractivity contribution is 6.31. The molecule has 4 aromatic rings. The maximum Gasteiger partial charge on any atom is 0.196 e. The summed E-state index contributed by atoms with van der Waals surface area (Å²) in [6.45, 7) is 0. The van der Waals surface area contributed by atoms with Crippen LogP contribution in [0.1, 0.15) is 11.1 Å². The van der Waals surface area contributed by atoms with Gasteiger partial charge in [0.2, 0.25) is 0 Å². The van der Waals surface area contributed by atoms with E-state index < -0.39 is 0 Å². The van der Waals surface area contributed by atoms with Gasteiger partial charge in [0, 0.05) is 27.6 Å². The molecule has 0 radical (unpaired) electrons. The number of hydrogen-bond donors (Lipinski definition) is 0. The van der Waals surface area contributed by atoms with Gasteiger partial charge in [-0.25, -0.2) is 0 Å². The minimum Gasteiger partial charge on any atom is -0.456 e. The van der Waals surface area contributed by atoms with Crippen molar-refractivity contribution >= 4 is 34.2 Å². The summed E-state index contributed by atoms with van der Waals surface area (Å²) in [5.41, 5.74) is 2.83. The van der Waals surface area contributed by atoms with Crippen molar-refractivity contribution in [3.05, 3.63) is 104 Å². The van der Waals surface area contributed by atoms with Crippen LogP contribution in [0.4, 0.5) is 0 Å². The average Bonchev–Trinajstić information content (AvgIpc) is 2.64. The van der Waals surface area contributed by atoms with Gasteiger partial charge >= 0.3 is 0 Å². The predicted octanol–water partition coefficient (Wildman–Crippen LogP) is 6.36. The molecule has 26 heavy (non-hydrogen) atoms. The monoisotopic (exact) mass is 380 g/mol. The number of halogens is 2. The first-order valence-corrected chi connectivity index (χ1v) is 8.92. The second kappa shape index (κ2) is 6.99. The summed E-state index contributed by atoms with van der Waals surface area (Å²) in [7, 11) is 0. The van der Waals surface area contributed by atoms with E-state index in [0.717, 1.165) is 11.1 Å². The molecule has 0 aliphatic rings. The van der Waals surface area contributed by atoms with E-state index in [-0.39, 0.29) is 5.43 Å². The molecule has 1 aromatic heterocycles. The van der Waals surface area contributed by atoms with Crippen molar-refractivity contribution in [3.8, 4) is 11.3 Å². The highest BCUT2D eigenvalue weighted by Gasteiger charge is 2.17. The van der Waals surface area contributed by atoms with Gasteiger partial charge in [0.05, 0.1) is 5.39 Å². The maximum absolute atomic E-state index is 13.2. The number of hydrogen-bond acceptors (Lipinski definition) is 2. The van der Waals surface area contributed by atoms with E-state index in [0.29, 0.717) is 38.8 Å². The lowest BCUT2D eigenvalue weighted by Crippen LogP contribution is -2.12. The Balaban J connectivity index is 1.98. The van der Waals surface area contributed by atoms with Gasteiger partial charge in [-0.1, -0.05) is 59.6 Å². The van der Waals surface area contributed by atoms with Crippen LogP contribution in [-0.2, 0) is 6.42 Å². The van der Waals surface area contributed by atoms with Gasteiger partial charge in [-0.3, -0.25) is 4.79 Å². The fourth-order valence-electron chi connectivity index (χ4n) is 3.05. The molecule has 0 saturated carbocycles. The summed E-state index contributed by atoms with van der Waals surface area (Å²) in [6, 6.07) is 22.1. The van der Waals surface area contributed by atoms with Crippen LogP contribution in [0.25, 0.3) is 22.3 Å². The molecule has 0 spiro atoms. The van der Waals surface area contributed by atoms with Crippen LogP contribution < -0.4 is 5.43 Å². The Morgan fingerprint density at radius 3 is 2.31 bits per heavy atom. The summed E-state index contributed by atoms with van der Waals surface area (Å²) >= 11 is 12.3. The third kappa shape index (κ3) is 3.26. The Kier molecular flexibility index (Phi) is 4.54. The molecule has 0 fully saturated rings. The molecule has 0 amide bonds. The van der Waals surface area contributed by atoms with Crippen LogP contribution in [0.5, 0.6) is 0 Å². The second-order valence-electron chi connectivity index (χ2n) is 6.05. The van der Waals surface area contributed by atoms with E-state index in [1.165, 1.54) is 0 Å². The number of para-hydroxylation sites is 1. The highest BCUT2D eigenvalue weighted by atomic mass is 35.5. The summed E-state index contributed by atoms with van der Waals surface area (Å²) in [4.78, 5) is 13.2. The Labute approximate surface area is 160 Å². The maximum atomic E-state index is 13.2. The lowest BCUT2D eigenvalue weighted by molar-refractivity contribution is 0.611. The number of benzene rings is 3. The largest absolute Gasteiger partial charge is 0.456 e. The van der Waals surface area contributed by atoms with Crippen LogP contribution in [0, 0.1) is 0 Å². The van der Waals surface area contributed by atoms with Crippen LogP contribution in [0.2, 0.25) is 10.0 Å². The van der Waals surface area contributed by atoms with Gasteiger partial charge < -0.3 is 4.42 Å². The summed E-state index contributed by atoms with van der Waals surface area (Å²) in [6.07, 6.45) is 0.426. The fourth-order valence-corrected chi connectivity index (χ4v) is 3.46. The smallest absolute Gasteiger partial charge is 0.196 e.